The number of hydrogen-bond acceptors (Lipinski definition) is 7. The van der Waals surface area contributed by atoms with Gasteiger partial charge in [0.1, 0.15) is 19.0 Å². The predicted molar refractivity (Wildman–Crippen MR) is 79.8 cm³/mol. The van der Waals surface area contributed by atoms with Crippen LogP contribution in [0, 0.1) is 0 Å². The van der Waals surface area contributed by atoms with Crippen LogP contribution >= 0.6 is 11.6 Å². The van der Waals surface area contributed by atoms with Crippen LogP contribution in [0.5, 0.6) is 5.75 Å². The number of nitrogens with zero attached hydrogens (tertiary/aromatic N) is 1. The van der Waals surface area contributed by atoms with Crippen LogP contribution in [0.15, 0.2) is 29.4 Å². The minimum Gasteiger partial charge on any atom is -0.490 e. The first kappa shape index (κ1) is 18.2. The van der Waals surface area contributed by atoms with Gasteiger partial charge in [-0.1, -0.05) is 28.9 Å². The number of hydrogen-bond donors (Lipinski definition) is 1. The van der Waals surface area contributed by atoms with Crippen LogP contribution in [0.2, 0.25) is 0 Å². The Hall–Kier alpha value is -1.83. The maximum atomic E-state index is 9.87. The van der Waals surface area contributed by atoms with Gasteiger partial charge in [0.15, 0.2) is 5.17 Å². The van der Waals surface area contributed by atoms with E-state index in [0.29, 0.717) is 50.8 Å². The summed E-state index contributed by atoms with van der Waals surface area (Å²) in [4.78, 5) is 9.87. The molecule has 0 fully saturated rings. The molecular weight excluding hydrogens is 314 g/mol. The molecule has 0 heterocycles. The summed E-state index contributed by atoms with van der Waals surface area (Å²) in [5.41, 5.74) is 0.505. The lowest BCUT2D eigenvalue weighted by atomic mass is 10.2. The highest BCUT2D eigenvalue weighted by Gasteiger charge is 2.08. The zero-order valence-corrected chi connectivity index (χ0v) is 12.7. The summed E-state index contributed by atoms with van der Waals surface area (Å²) in [6.07, 6.45) is 0. The fourth-order valence-corrected chi connectivity index (χ4v) is 1.66. The number of carbonyl (C=O) groups is 1. The van der Waals surface area contributed by atoms with Gasteiger partial charge in [0.25, 0.3) is 6.47 Å². The van der Waals surface area contributed by atoms with Crippen LogP contribution < -0.4 is 4.74 Å². The zero-order chi connectivity index (χ0) is 16.0. The second-order valence-corrected chi connectivity index (χ2v) is 4.29. The molecular formula is C14H18ClNO6. The van der Waals surface area contributed by atoms with Gasteiger partial charge in [-0.05, 0) is 12.1 Å². The van der Waals surface area contributed by atoms with Gasteiger partial charge >= 0.3 is 0 Å². The van der Waals surface area contributed by atoms with Crippen molar-refractivity contribution in [1.82, 2.24) is 0 Å². The molecule has 0 aromatic heterocycles. The van der Waals surface area contributed by atoms with E-state index in [-0.39, 0.29) is 11.8 Å². The molecule has 0 unspecified atom stereocenters. The number of oxime groups is 1. The van der Waals surface area contributed by atoms with Crippen molar-refractivity contribution in [2.45, 2.75) is 0 Å². The molecule has 1 aromatic rings. The number of halogens is 1. The molecule has 0 aliphatic carbocycles. The van der Waals surface area contributed by atoms with Crippen molar-refractivity contribution in [1.29, 1.82) is 0 Å². The van der Waals surface area contributed by atoms with Crippen molar-refractivity contribution in [3.63, 3.8) is 0 Å². The molecule has 0 saturated heterocycles. The highest BCUT2D eigenvalue weighted by atomic mass is 35.5. The van der Waals surface area contributed by atoms with Crippen molar-refractivity contribution in [3.8, 4) is 5.75 Å². The molecule has 1 N–H and O–H groups in total. The minimum atomic E-state index is -0.0394. The summed E-state index contributed by atoms with van der Waals surface area (Å²) in [6.45, 7) is 2.45. The van der Waals surface area contributed by atoms with Gasteiger partial charge < -0.3 is 24.2 Å². The first-order valence-electron chi connectivity index (χ1n) is 6.60. The molecule has 8 heteroatoms. The summed E-state index contributed by atoms with van der Waals surface area (Å²) in [5, 5.41) is 11.6. The number of rotatable bonds is 12. The molecule has 0 bridgehead atoms. The summed E-state index contributed by atoms with van der Waals surface area (Å²) < 4.78 is 20.5. The van der Waals surface area contributed by atoms with E-state index in [1.54, 1.807) is 24.3 Å². The van der Waals surface area contributed by atoms with E-state index >= 15 is 0 Å². The molecule has 122 valence electrons. The summed E-state index contributed by atoms with van der Waals surface area (Å²) in [5.74, 6) is 0.510. The number of ether oxygens (including phenoxy) is 4. The Bertz CT molecular complexity index is 468. The molecule has 0 atom stereocenters. The Labute approximate surface area is 133 Å². The smallest absolute Gasteiger partial charge is 0.293 e. The van der Waals surface area contributed by atoms with Gasteiger partial charge in [0.05, 0.1) is 32.0 Å². The second kappa shape index (κ2) is 11.8. The number of para-hydroxylation sites is 1. The first-order chi connectivity index (χ1) is 10.8. The third-order valence-corrected chi connectivity index (χ3v) is 2.75. The molecule has 1 rings (SSSR count). The Morgan fingerprint density at radius 2 is 1.73 bits per heavy atom. The van der Waals surface area contributed by atoms with Gasteiger partial charge in [0, 0.05) is 0 Å². The van der Waals surface area contributed by atoms with Gasteiger partial charge in [-0.2, -0.15) is 0 Å². The van der Waals surface area contributed by atoms with Gasteiger partial charge in [-0.25, -0.2) is 0 Å². The topological polar surface area (TPSA) is 86.6 Å². The van der Waals surface area contributed by atoms with Crippen molar-refractivity contribution >= 4 is 23.2 Å². The average Bonchev–Trinajstić information content (AvgIpc) is 2.56. The molecule has 0 aliphatic heterocycles. The van der Waals surface area contributed by atoms with E-state index in [1.165, 1.54) is 0 Å². The molecule has 22 heavy (non-hydrogen) atoms. The van der Waals surface area contributed by atoms with Crippen LogP contribution in [0.25, 0.3) is 0 Å². The molecule has 0 saturated carbocycles. The summed E-state index contributed by atoms with van der Waals surface area (Å²) in [6, 6.07) is 6.96. The van der Waals surface area contributed by atoms with E-state index < -0.39 is 0 Å². The average molecular weight is 332 g/mol. The summed E-state index contributed by atoms with van der Waals surface area (Å²) >= 11 is 5.77. The quantitative estimate of drug-likeness (QED) is 0.206. The van der Waals surface area contributed by atoms with Crippen LogP contribution in [0.1, 0.15) is 5.56 Å². The molecule has 0 spiro atoms. The maximum absolute atomic E-state index is 9.87. The first-order valence-corrected chi connectivity index (χ1v) is 6.98. The Morgan fingerprint density at radius 3 is 2.41 bits per heavy atom. The maximum Gasteiger partial charge on any atom is 0.293 e. The molecule has 7 nitrogen and oxygen atoms in total. The van der Waals surface area contributed by atoms with Gasteiger partial charge in [-0.15, -0.1) is 0 Å². The molecule has 1 aromatic carbocycles. The second-order valence-electron chi connectivity index (χ2n) is 3.93. The summed E-state index contributed by atoms with van der Waals surface area (Å²) in [7, 11) is 0. The van der Waals surface area contributed by atoms with E-state index in [1.807, 2.05) is 0 Å². The highest BCUT2D eigenvalue weighted by molar-refractivity contribution is 6.69. The molecule has 0 radical (unpaired) electrons. The van der Waals surface area contributed by atoms with Crippen molar-refractivity contribution in [2.75, 3.05) is 39.6 Å². The minimum absolute atomic E-state index is 0.0394. The van der Waals surface area contributed by atoms with E-state index in [2.05, 4.69) is 9.89 Å². The molecule has 0 amide bonds. The normalized spacial score (nSPS) is 11.2. The van der Waals surface area contributed by atoms with Crippen molar-refractivity contribution in [3.05, 3.63) is 29.8 Å². The third-order valence-electron chi connectivity index (χ3n) is 2.47. The van der Waals surface area contributed by atoms with Gasteiger partial charge in [-0.3, -0.25) is 4.79 Å². The lowest BCUT2D eigenvalue weighted by Crippen LogP contribution is -2.13. The predicted octanol–water partition coefficient (Wildman–Crippen LogP) is 1.65. The third kappa shape index (κ3) is 7.26. The SMILES string of the molecule is O=COCCOCCOCCOc1ccccc1/C(Cl)=N/O. The van der Waals surface area contributed by atoms with Gasteiger partial charge in [0.2, 0.25) is 0 Å². The lowest BCUT2D eigenvalue weighted by molar-refractivity contribution is -0.130. The van der Waals surface area contributed by atoms with E-state index in [0.717, 1.165) is 0 Å². The standard InChI is InChI=1S/C14H18ClNO6/c15-14(16-18)12-3-1-2-4-13(12)22-10-9-20-6-5-19-7-8-21-11-17/h1-4,11,18H,5-10H2/b16-14-. The monoisotopic (exact) mass is 331 g/mol. The number of carbonyl (C=O) groups excluding carboxylic acids is 1. The van der Waals surface area contributed by atoms with Crippen LogP contribution in [-0.2, 0) is 19.0 Å². The van der Waals surface area contributed by atoms with E-state index in [9.17, 15) is 4.79 Å². The highest BCUT2D eigenvalue weighted by Crippen LogP contribution is 2.20. The van der Waals surface area contributed by atoms with E-state index in [4.69, 9.17) is 31.0 Å². The Morgan fingerprint density at radius 1 is 1.09 bits per heavy atom. The Balaban J connectivity index is 2.14. The molecule has 0 aliphatic rings. The fraction of sp³-hybridized carbons (Fsp3) is 0.429. The van der Waals surface area contributed by atoms with Crippen molar-refractivity contribution in [2.24, 2.45) is 5.16 Å². The zero-order valence-electron chi connectivity index (χ0n) is 11.9. The lowest BCUT2D eigenvalue weighted by Gasteiger charge is -2.10. The Kier molecular flexibility index (Phi) is 9.76. The van der Waals surface area contributed by atoms with Crippen LogP contribution in [0.3, 0.4) is 0 Å². The van der Waals surface area contributed by atoms with Crippen LogP contribution in [0.4, 0.5) is 0 Å². The largest absolute Gasteiger partial charge is 0.490 e. The van der Waals surface area contributed by atoms with Crippen LogP contribution in [-0.4, -0.2) is 56.5 Å². The van der Waals surface area contributed by atoms with Crippen molar-refractivity contribution < 1.29 is 28.9 Å². The fourth-order valence-electron chi connectivity index (χ4n) is 1.50. The number of benzene rings is 1.